The highest BCUT2D eigenvalue weighted by Crippen LogP contribution is 2.43. The first kappa shape index (κ1) is 19.3. The van der Waals surface area contributed by atoms with E-state index in [1.165, 1.54) is 0 Å². The summed E-state index contributed by atoms with van der Waals surface area (Å²) >= 11 is 6.21. The van der Waals surface area contributed by atoms with E-state index in [0.717, 1.165) is 0 Å². The van der Waals surface area contributed by atoms with Gasteiger partial charge in [0.25, 0.3) is 8.32 Å². The third-order valence-electron chi connectivity index (χ3n) is 3.77. The average molecular weight is 365 g/mol. The van der Waals surface area contributed by atoms with Gasteiger partial charge in [-0.05, 0) is 36.7 Å². The zero-order chi connectivity index (χ0) is 17.2. The van der Waals surface area contributed by atoms with Crippen molar-refractivity contribution in [3.05, 3.63) is 23.2 Å². The van der Waals surface area contributed by atoms with Crippen LogP contribution in [0.4, 0.5) is 0 Å². The van der Waals surface area contributed by atoms with Crippen molar-refractivity contribution < 1.29 is 17.0 Å². The Balaban J connectivity index is 3.21. The van der Waals surface area contributed by atoms with Crippen LogP contribution >= 0.6 is 11.6 Å². The van der Waals surface area contributed by atoms with E-state index in [9.17, 15) is 8.42 Å². The summed E-state index contributed by atoms with van der Waals surface area (Å²) in [4.78, 5) is 0. The van der Waals surface area contributed by atoms with Crippen molar-refractivity contribution in [3.63, 3.8) is 0 Å². The van der Waals surface area contributed by atoms with E-state index in [-0.39, 0.29) is 16.5 Å². The molecule has 22 heavy (non-hydrogen) atoms. The third kappa shape index (κ3) is 4.89. The van der Waals surface area contributed by atoms with Gasteiger partial charge in [0, 0.05) is 0 Å². The molecule has 0 bridgehead atoms. The molecule has 0 fully saturated rings. The van der Waals surface area contributed by atoms with E-state index in [1.54, 1.807) is 25.1 Å². The lowest BCUT2D eigenvalue weighted by molar-refractivity contribution is 0.445. The molecule has 1 rings (SSSR count). The van der Waals surface area contributed by atoms with E-state index < -0.39 is 18.4 Å². The van der Waals surface area contributed by atoms with Crippen molar-refractivity contribution in [2.45, 2.75) is 52.2 Å². The minimum atomic E-state index is -3.64. The number of rotatable bonds is 6. The van der Waals surface area contributed by atoms with Gasteiger partial charge in [-0.15, -0.1) is 0 Å². The van der Waals surface area contributed by atoms with Crippen LogP contribution in [0.5, 0.6) is 11.5 Å². The Morgan fingerprint density at radius 2 is 1.82 bits per heavy atom. The number of hydrogen-bond donors (Lipinski definition) is 0. The summed E-state index contributed by atoms with van der Waals surface area (Å²) in [7, 11) is -5.80. The molecule has 0 saturated carbocycles. The van der Waals surface area contributed by atoms with E-state index in [0.29, 0.717) is 17.2 Å². The van der Waals surface area contributed by atoms with Crippen molar-refractivity contribution in [1.29, 1.82) is 0 Å². The molecule has 0 heterocycles. The van der Waals surface area contributed by atoms with Gasteiger partial charge in [-0.1, -0.05) is 45.4 Å². The van der Waals surface area contributed by atoms with Gasteiger partial charge in [0.05, 0.1) is 10.8 Å². The molecule has 7 heteroatoms. The predicted octanol–water partition coefficient (Wildman–Crippen LogP) is 4.84. The minimum absolute atomic E-state index is 0.0360. The zero-order valence-electron chi connectivity index (χ0n) is 14.1. The molecular weight excluding hydrogens is 340 g/mol. The lowest BCUT2D eigenvalue weighted by Crippen LogP contribution is -2.44. The van der Waals surface area contributed by atoms with Gasteiger partial charge in [-0.25, -0.2) is 0 Å². The van der Waals surface area contributed by atoms with Gasteiger partial charge < -0.3 is 8.61 Å². The van der Waals surface area contributed by atoms with Crippen molar-refractivity contribution in [2.24, 2.45) is 0 Å². The lowest BCUT2D eigenvalue weighted by atomic mass is 10.2. The molecule has 0 N–H and O–H groups in total. The minimum Gasteiger partial charge on any atom is -0.540 e. The summed E-state index contributed by atoms with van der Waals surface area (Å²) in [5.41, 5.74) is 0. The standard InChI is InChI=1S/C15H25ClO4SSi/c1-7-11-21(17,18)19-13-10-8-9-12(16)14(13)20-22(5,6)15(2,3)4/h8-10H,7,11H2,1-6H3. The summed E-state index contributed by atoms with van der Waals surface area (Å²) in [6.45, 7) is 12.2. The highest BCUT2D eigenvalue weighted by molar-refractivity contribution is 7.87. The molecule has 0 aromatic heterocycles. The molecule has 0 spiro atoms. The monoisotopic (exact) mass is 364 g/mol. The van der Waals surface area contributed by atoms with Crippen molar-refractivity contribution in [3.8, 4) is 11.5 Å². The highest BCUT2D eigenvalue weighted by Gasteiger charge is 2.40. The SMILES string of the molecule is CCCS(=O)(=O)Oc1cccc(Cl)c1O[Si](C)(C)C(C)(C)C. The van der Waals surface area contributed by atoms with Crippen LogP contribution < -0.4 is 8.61 Å². The molecule has 0 amide bonds. The van der Waals surface area contributed by atoms with Gasteiger partial charge in [0.1, 0.15) is 0 Å². The first-order chi connectivity index (χ1) is 9.89. The second-order valence-electron chi connectivity index (χ2n) is 6.77. The van der Waals surface area contributed by atoms with Crippen LogP contribution in [-0.4, -0.2) is 22.5 Å². The van der Waals surface area contributed by atoms with E-state index in [1.807, 2.05) is 0 Å². The second kappa shape index (κ2) is 6.80. The molecule has 0 radical (unpaired) electrons. The van der Waals surface area contributed by atoms with Crippen LogP contribution in [0.15, 0.2) is 18.2 Å². The van der Waals surface area contributed by atoms with Crippen LogP contribution in [0.2, 0.25) is 23.2 Å². The van der Waals surface area contributed by atoms with Crippen LogP contribution in [0.3, 0.4) is 0 Å². The van der Waals surface area contributed by atoms with E-state index >= 15 is 0 Å². The molecule has 1 aromatic carbocycles. The fourth-order valence-electron chi connectivity index (χ4n) is 1.49. The van der Waals surface area contributed by atoms with Crippen molar-refractivity contribution in [1.82, 2.24) is 0 Å². The van der Waals surface area contributed by atoms with Gasteiger partial charge in [-0.2, -0.15) is 8.42 Å². The molecule has 0 atom stereocenters. The molecule has 4 nitrogen and oxygen atoms in total. The smallest absolute Gasteiger partial charge is 0.309 e. The maximum absolute atomic E-state index is 11.9. The molecular formula is C15H25ClO4SSi. The maximum atomic E-state index is 11.9. The number of hydrogen-bond acceptors (Lipinski definition) is 4. The summed E-state index contributed by atoms with van der Waals surface area (Å²) in [5.74, 6) is 0.431. The molecule has 0 unspecified atom stereocenters. The Bertz CT molecular complexity index is 621. The molecule has 0 aliphatic carbocycles. The maximum Gasteiger partial charge on any atom is 0.309 e. The molecule has 0 aliphatic rings. The first-order valence-corrected chi connectivity index (χ1v) is 12.2. The predicted molar refractivity (Wildman–Crippen MR) is 94.0 cm³/mol. The Morgan fingerprint density at radius 1 is 1.23 bits per heavy atom. The van der Waals surface area contributed by atoms with Gasteiger partial charge in [0.2, 0.25) is 0 Å². The summed E-state index contributed by atoms with van der Waals surface area (Å²) in [6, 6.07) is 4.89. The summed E-state index contributed by atoms with van der Waals surface area (Å²) in [5, 5.41) is 0.320. The lowest BCUT2D eigenvalue weighted by Gasteiger charge is -2.37. The third-order valence-corrected chi connectivity index (χ3v) is 9.73. The summed E-state index contributed by atoms with van der Waals surface area (Å²) in [6.07, 6.45) is 0.487. The van der Waals surface area contributed by atoms with Crippen LogP contribution in [0, 0.1) is 0 Å². The summed E-state index contributed by atoms with van der Waals surface area (Å²) < 4.78 is 35.2. The second-order valence-corrected chi connectivity index (χ2v) is 13.6. The van der Waals surface area contributed by atoms with Crippen molar-refractivity contribution >= 4 is 30.0 Å². The van der Waals surface area contributed by atoms with Crippen LogP contribution in [0.1, 0.15) is 34.1 Å². The topological polar surface area (TPSA) is 52.6 Å². The van der Waals surface area contributed by atoms with E-state index in [4.69, 9.17) is 20.2 Å². The highest BCUT2D eigenvalue weighted by atomic mass is 35.5. The fraction of sp³-hybridized carbons (Fsp3) is 0.600. The van der Waals surface area contributed by atoms with Gasteiger partial charge in [-0.3, -0.25) is 0 Å². The Hall–Kier alpha value is -0.723. The molecule has 0 aliphatic heterocycles. The number of para-hydroxylation sites is 1. The average Bonchev–Trinajstić information content (AvgIpc) is 2.31. The Morgan fingerprint density at radius 3 is 2.32 bits per heavy atom. The Labute approximate surface area is 140 Å². The van der Waals surface area contributed by atoms with Gasteiger partial charge in [0.15, 0.2) is 11.5 Å². The normalized spacial score (nSPS) is 13.0. The first-order valence-electron chi connectivity index (χ1n) is 7.29. The molecule has 126 valence electrons. The van der Waals surface area contributed by atoms with E-state index in [2.05, 4.69) is 33.9 Å². The Kier molecular flexibility index (Phi) is 5.98. The number of benzene rings is 1. The van der Waals surface area contributed by atoms with Crippen LogP contribution in [0.25, 0.3) is 0 Å². The van der Waals surface area contributed by atoms with Gasteiger partial charge >= 0.3 is 10.1 Å². The molecule has 1 aromatic rings. The quantitative estimate of drug-likeness (QED) is 0.535. The van der Waals surface area contributed by atoms with Crippen LogP contribution in [-0.2, 0) is 10.1 Å². The number of halogens is 1. The van der Waals surface area contributed by atoms with Crippen molar-refractivity contribution in [2.75, 3.05) is 5.75 Å². The zero-order valence-corrected chi connectivity index (χ0v) is 16.6. The molecule has 0 saturated heterocycles. The largest absolute Gasteiger partial charge is 0.540 e. The fourth-order valence-corrected chi connectivity index (χ4v) is 3.77.